The summed E-state index contributed by atoms with van der Waals surface area (Å²) in [5, 5.41) is 11.1. The highest BCUT2D eigenvalue weighted by Crippen LogP contribution is 2.13. The maximum Gasteiger partial charge on any atom is 0.354 e. The van der Waals surface area contributed by atoms with Crippen molar-refractivity contribution in [1.82, 2.24) is 5.32 Å². The molecule has 0 bridgehead atoms. The summed E-state index contributed by atoms with van der Waals surface area (Å²) in [6.45, 7) is 2.26. The van der Waals surface area contributed by atoms with E-state index in [-0.39, 0.29) is 5.91 Å². The highest BCUT2D eigenvalue weighted by atomic mass is 16.5. The Morgan fingerprint density at radius 1 is 0.769 bits per heavy atom. The van der Waals surface area contributed by atoms with Crippen molar-refractivity contribution in [3.05, 3.63) is 0 Å². The van der Waals surface area contributed by atoms with Crippen molar-refractivity contribution in [3.8, 4) is 0 Å². The number of methoxy groups -OCH3 is 1. The molecular formula is C21H41NO4. The Morgan fingerprint density at radius 2 is 1.15 bits per heavy atom. The van der Waals surface area contributed by atoms with E-state index >= 15 is 0 Å². The van der Waals surface area contributed by atoms with Gasteiger partial charge in [0.15, 0.2) is 0 Å². The number of nitrogens with one attached hydrogen (secondary N) is 1. The van der Waals surface area contributed by atoms with Gasteiger partial charge in [-0.25, -0.2) is 4.79 Å². The number of carbonyl (C=O) groups excluding carboxylic acids is 1. The summed E-state index contributed by atoms with van der Waals surface area (Å²) in [4.78, 5) is 22.3. The molecule has 5 nitrogen and oxygen atoms in total. The van der Waals surface area contributed by atoms with E-state index in [1.807, 2.05) is 0 Å². The Balaban J connectivity index is 3.26. The SMILES string of the molecule is CCCCCCCCCCCCCCCCCC(=O)NC(OC)C(=O)O. The van der Waals surface area contributed by atoms with E-state index in [0.29, 0.717) is 6.42 Å². The molecule has 1 unspecified atom stereocenters. The number of hydrogen-bond donors (Lipinski definition) is 2. The van der Waals surface area contributed by atoms with Crippen LogP contribution < -0.4 is 5.32 Å². The van der Waals surface area contributed by atoms with Crippen LogP contribution in [0.3, 0.4) is 0 Å². The summed E-state index contributed by atoms with van der Waals surface area (Å²) in [6.07, 6.45) is 18.4. The first-order chi connectivity index (χ1) is 12.6. The van der Waals surface area contributed by atoms with Crippen LogP contribution >= 0.6 is 0 Å². The minimum Gasteiger partial charge on any atom is -0.478 e. The third-order valence-corrected chi connectivity index (χ3v) is 4.76. The fraction of sp³-hybridized carbons (Fsp3) is 0.905. The van der Waals surface area contributed by atoms with Gasteiger partial charge in [-0.1, -0.05) is 96.8 Å². The number of ether oxygens (including phenoxy) is 1. The van der Waals surface area contributed by atoms with Crippen LogP contribution in [-0.2, 0) is 14.3 Å². The molecule has 0 aliphatic rings. The average molecular weight is 372 g/mol. The topological polar surface area (TPSA) is 75.6 Å². The lowest BCUT2D eigenvalue weighted by atomic mass is 10.0. The molecule has 0 aliphatic heterocycles. The van der Waals surface area contributed by atoms with Gasteiger partial charge in [-0.15, -0.1) is 0 Å². The van der Waals surface area contributed by atoms with Gasteiger partial charge in [0.05, 0.1) is 0 Å². The molecule has 0 aromatic rings. The number of carboxylic acid groups (broad SMARTS) is 1. The lowest BCUT2D eigenvalue weighted by molar-refractivity contribution is -0.153. The molecule has 1 amide bonds. The summed E-state index contributed by atoms with van der Waals surface area (Å²) < 4.78 is 4.68. The summed E-state index contributed by atoms with van der Waals surface area (Å²) in [7, 11) is 1.27. The van der Waals surface area contributed by atoms with Gasteiger partial charge in [0, 0.05) is 13.5 Å². The highest BCUT2D eigenvalue weighted by molar-refractivity contribution is 5.82. The van der Waals surface area contributed by atoms with Crippen molar-refractivity contribution in [2.75, 3.05) is 7.11 Å². The molecule has 0 aromatic carbocycles. The van der Waals surface area contributed by atoms with Gasteiger partial charge in [0.1, 0.15) is 0 Å². The third kappa shape index (κ3) is 16.4. The largest absolute Gasteiger partial charge is 0.478 e. The standard InChI is InChI=1S/C21H41NO4/c1-3-4-5-6-7-8-9-10-11-12-13-14-15-16-17-18-19(23)22-20(26-2)21(24)25/h20H,3-18H2,1-2H3,(H,22,23)(H,24,25). The molecule has 1 atom stereocenters. The van der Waals surface area contributed by atoms with E-state index in [1.165, 1.54) is 84.2 Å². The Hall–Kier alpha value is -1.10. The molecule has 0 saturated heterocycles. The van der Waals surface area contributed by atoms with Crippen LogP contribution in [0.5, 0.6) is 0 Å². The minimum atomic E-state index is -1.24. The van der Waals surface area contributed by atoms with Crippen molar-refractivity contribution in [2.45, 2.75) is 116 Å². The summed E-state index contributed by atoms with van der Waals surface area (Å²) in [5.74, 6) is -1.42. The van der Waals surface area contributed by atoms with Crippen molar-refractivity contribution >= 4 is 11.9 Å². The molecule has 0 heterocycles. The number of hydrogen-bond acceptors (Lipinski definition) is 3. The van der Waals surface area contributed by atoms with Gasteiger partial charge in [0.2, 0.25) is 12.1 Å². The first-order valence-electron chi connectivity index (χ1n) is 10.7. The maximum absolute atomic E-state index is 11.6. The fourth-order valence-electron chi connectivity index (χ4n) is 3.10. The average Bonchev–Trinajstić information content (AvgIpc) is 2.62. The van der Waals surface area contributed by atoms with Crippen molar-refractivity contribution < 1.29 is 19.4 Å². The molecule has 5 heteroatoms. The monoisotopic (exact) mass is 371 g/mol. The van der Waals surface area contributed by atoms with Gasteiger partial charge in [0.25, 0.3) is 0 Å². The van der Waals surface area contributed by atoms with Crippen LogP contribution in [0.15, 0.2) is 0 Å². The molecule has 0 aliphatic carbocycles. The zero-order valence-corrected chi connectivity index (χ0v) is 17.1. The van der Waals surface area contributed by atoms with Crippen molar-refractivity contribution in [2.24, 2.45) is 0 Å². The molecule has 26 heavy (non-hydrogen) atoms. The molecule has 0 radical (unpaired) electrons. The predicted molar refractivity (Wildman–Crippen MR) is 106 cm³/mol. The Kier molecular flexibility index (Phi) is 17.9. The molecule has 0 saturated carbocycles. The zero-order valence-electron chi connectivity index (χ0n) is 17.1. The first-order valence-corrected chi connectivity index (χ1v) is 10.7. The van der Waals surface area contributed by atoms with Gasteiger partial charge in [-0.3, -0.25) is 4.79 Å². The lowest BCUT2D eigenvalue weighted by Gasteiger charge is -2.12. The third-order valence-electron chi connectivity index (χ3n) is 4.76. The second-order valence-corrected chi connectivity index (χ2v) is 7.22. The minimum absolute atomic E-state index is 0.256. The summed E-state index contributed by atoms with van der Waals surface area (Å²) in [6, 6.07) is 0. The maximum atomic E-state index is 11.6. The van der Waals surface area contributed by atoms with Crippen LogP contribution in [0.2, 0.25) is 0 Å². The number of carboxylic acids is 1. The number of carbonyl (C=O) groups is 2. The quantitative estimate of drug-likeness (QED) is 0.235. The molecule has 0 fully saturated rings. The van der Waals surface area contributed by atoms with Crippen LogP contribution in [0.4, 0.5) is 0 Å². The van der Waals surface area contributed by atoms with E-state index < -0.39 is 12.2 Å². The van der Waals surface area contributed by atoms with Crippen molar-refractivity contribution in [1.29, 1.82) is 0 Å². The highest BCUT2D eigenvalue weighted by Gasteiger charge is 2.18. The van der Waals surface area contributed by atoms with Gasteiger partial charge in [-0.2, -0.15) is 0 Å². The van der Waals surface area contributed by atoms with Gasteiger partial charge in [-0.05, 0) is 6.42 Å². The van der Waals surface area contributed by atoms with Crippen LogP contribution in [-0.4, -0.2) is 30.3 Å². The second-order valence-electron chi connectivity index (χ2n) is 7.22. The zero-order chi connectivity index (χ0) is 19.5. The smallest absolute Gasteiger partial charge is 0.354 e. The lowest BCUT2D eigenvalue weighted by Crippen LogP contribution is -2.41. The summed E-state index contributed by atoms with van der Waals surface area (Å²) >= 11 is 0. The number of aliphatic carboxylic acids is 1. The number of rotatable bonds is 19. The van der Waals surface area contributed by atoms with Crippen LogP contribution in [0.25, 0.3) is 0 Å². The molecule has 0 aromatic heterocycles. The molecular weight excluding hydrogens is 330 g/mol. The Morgan fingerprint density at radius 3 is 1.50 bits per heavy atom. The van der Waals surface area contributed by atoms with E-state index in [2.05, 4.69) is 17.0 Å². The van der Waals surface area contributed by atoms with Crippen LogP contribution in [0.1, 0.15) is 110 Å². The fourth-order valence-corrected chi connectivity index (χ4v) is 3.10. The van der Waals surface area contributed by atoms with E-state index in [1.54, 1.807) is 0 Å². The number of amides is 1. The Bertz CT molecular complexity index is 347. The summed E-state index contributed by atoms with van der Waals surface area (Å²) in [5.41, 5.74) is 0. The van der Waals surface area contributed by atoms with E-state index in [4.69, 9.17) is 5.11 Å². The molecule has 154 valence electrons. The Labute approximate surface area is 160 Å². The van der Waals surface area contributed by atoms with Gasteiger partial charge >= 0.3 is 5.97 Å². The van der Waals surface area contributed by atoms with E-state index in [0.717, 1.165) is 19.3 Å². The first kappa shape index (κ1) is 24.9. The molecule has 0 spiro atoms. The predicted octanol–water partition coefficient (Wildman–Crippen LogP) is 5.42. The molecule has 2 N–H and O–H groups in total. The molecule has 0 rings (SSSR count). The van der Waals surface area contributed by atoms with Gasteiger partial charge < -0.3 is 15.2 Å². The normalized spacial score (nSPS) is 12.1. The van der Waals surface area contributed by atoms with Crippen molar-refractivity contribution in [3.63, 3.8) is 0 Å². The second kappa shape index (κ2) is 18.7. The van der Waals surface area contributed by atoms with Crippen LogP contribution in [0, 0.1) is 0 Å². The van der Waals surface area contributed by atoms with E-state index in [9.17, 15) is 9.59 Å². The number of unbranched alkanes of at least 4 members (excludes halogenated alkanes) is 14.